The van der Waals surface area contributed by atoms with E-state index in [2.05, 4.69) is 5.32 Å². The summed E-state index contributed by atoms with van der Waals surface area (Å²) in [6, 6.07) is 9.50. The van der Waals surface area contributed by atoms with Gasteiger partial charge in [0.15, 0.2) is 0 Å². The highest BCUT2D eigenvalue weighted by Crippen LogP contribution is 2.29. The lowest BCUT2D eigenvalue weighted by Gasteiger charge is -2.33. The molecule has 0 spiro atoms. The molecule has 3 rings (SSSR count). The number of thiophene rings is 1. The fourth-order valence-electron chi connectivity index (χ4n) is 3.36. The third-order valence-electron chi connectivity index (χ3n) is 5.06. The van der Waals surface area contributed by atoms with E-state index in [1.54, 1.807) is 29.6 Å². The SMILES string of the molecule is C[C@H](C(=O)NCc1cccc(F)c1)C1CCN(S(=O)(=O)c2cccs2)CC1. The number of piperidine rings is 1. The predicted octanol–water partition coefficient (Wildman–Crippen LogP) is 3.24. The van der Waals surface area contributed by atoms with Gasteiger partial charge in [-0.3, -0.25) is 4.79 Å². The molecule has 1 aliphatic heterocycles. The van der Waals surface area contributed by atoms with E-state index in [0.717, 1.165) is 0 Å². The van der Waals surface area contributed by atoms with Crippen molar-refractivity contribution in [2.45, 2.75) is 30.5 Å². The average molecular weight is 411 g/mol. The van der Waals surface area contributed by atoms with E-state index in [9.17, 15) is 17.6 Å². The fourth-order valence-corrected chi connectivity index (χ4v) is 5.98. The Labute approximate surface area is 163 Å². The lowest BCUT2D eigenvalue weighted by Crippen LogP contribution is -2.42. The molecule has 0 aliphatic carbocycles. The summed E-state index contributed by atoms with van der Waals surface area (Å²) in [5.41, 5.74) is 0.715. The Bertz CT molecular complexity index is 876. The molecule has 1 aromatic heterocycles. The van der Waals surface area contributed by atoms with Crippen LogP contribution in [0.5, 0.6) is 0 Å². The Morgan fingerprint density at radius 3 is 2.67 bits per heavy atom. The van der Waals surface area contributed by atoms with Crippen LogP contribution >= 0.6 is 11.3 Å². The molecule has 1 aromatic carbocycles. The normalized spacial score (nSPS) is 17.6. The standard InChI is InChI=1S/C19H23FN2O3S2/c1-14(19(23)21-13-15-4-2-5-17(20)12-15)16-7-9-22(10-8-16)27(24,25)18-6-3-11-26-18/h2-6,11-12,14,16H,7-10,13H2,1H3,(H,21,23)/t14-/m0/s1. The Morgan fingerprint density at radius 2 is 2.04 bits per heavy atom. The number of hydrogen-bond donors (Lipinski definition) is 1. The summed E-state index contributed by atoms with van der Waals surface area (Å²) in [6.45, 7) is 3.00. The number of rotatable bonds is 6. The highest BCUT2D eigenvalue weighted by atomic mass is 32.2. The molecule has 0 unspecified atom stereocenters. The van der Waals surface area contributed by atoms with Crippen molar-refractivity contribution in [3.8, 4) is 0 Å². The third-order valence-corrected chi connectivity index (χ3v) is 8.34. The van der Waals surface area contributed by atoms with Crippen molar-refractivity contribution in [1.29, 1.82) is 0 Å². The number of benzene rings is 1. The molecule has 27 heavy (non-hydrogen) atoms. The molecule has 2 aromatic rings. The number of nitrogens with zero attached hydrogens (tertiary/aromatic N) is 1. The van der Waals surface area contributed by atoms with Crippen LogP contribution < -0.4 is 5.32 Å². The highest BCUT2D eigenvalue weighted by Gasteiger charge is 2.33. The van der Waals surface area contributed by atoms with Crippen LogP contribution in [0, 0.1) is 17.7 Å². The van der Waals surface area contributed by atoms with Crippen LogP contribution in [0.2, 0.25) is 0 Å². The van der Waals surface area contributed by atoms with E-state index in [4.69, 9.17) is 0 Å². The van der Waals surface area contributed by atoms with Crippen molar-refractivity contribution < 1.29 is 17.6 Å². The summed E-state index contributed by atoms with van der Waals surface area (Å²) >= 11 is 1.22. The first kappa shape index (κ1) is 20.0. The minimum absolute atomic E-state index is 0.0844. The maximum absolute atomic E-state index is 13.2. The van der Waals surface area contributed by atoms with Gasteiger partial charge in [-0.15, -0.1) is 11.3 Å². The Hall–Kier alpha value is -1.77. The van der Waals surface area contributed by atoms with Gasteiger partial charge >= 0.3 is 0 Å². The maximum atomic E-state index is 13.2. The quantitative estimate of drug-likeness (QED) is 0.795. The van der Waals surface area contributed by atoms with Crippen LogP contribution in [0.1, 0.15) is 25.3 Å². The molecule has 0 saturated carbocycles. The first-order valence-electron chi connectivity index (χ1n) is 8.94. The summed E-state index contributed by atoms with van der Waals surface area (Å²) in [5, 5.41) is 4.61. The van der Waals surface area contributed by atoms with Gasteiger partial charge < -0.3 is 5.32 Å². The van der Waals surface area contributed by atoms with Crippen molar-refractivity contribution >= 4 is 27.3 Å². The van der Waals surface area contributed by atoms with Gasteiger partial charge in [-0.05, 0) is 47.9 Å². The number of nitrogens with one attached hydrogen (secondary N) is 1. The molecule has 2 heterocycles. The van der Waals surface area contributed by atoms with Gasteiger partial charge in [0.2, 0.25) is 5.91 Å². The van der Waals surface area contributed by atoms with Gasteiger partial charge in [0, 0.05) is 25.6 Å². The third kappa shape index (κ3) is 4.75. The summed E-state index contributed by atoms with van der Waals surface area (Å²) < 4.78 is 40.2. The van der Waals surface area contributed by atoms with E-state index in [0.29, 0.717) is 35.7 Å². The van der Waals surface area contributed by atoms with Gasteiger partial charge in [0.05, 0.1) is 0 Å². The average Bonchev–Trinajstić information content (AvgIpc) is 3.21. The van der Waals surface area contributed by atoms with Crippen LogP contribution in [-0.4, -0.2) is 31.7 Å². The zero-order chi connectivity index (χ0) is 19.4. The minimum atomic E-state index is -3.42. The van der Waals surface area contributed by atoms with Gasteiger partial charge in [0.25, 0.3) is 10.0 Å². The van der Waals surface area contributed by atoms with Crippen LogP contribution in [0.4, 0.5) is 4.39 Å². The second-order valence-electron chi connectivity index (χ2n) is 6.81. The predicted molar refractivity (Wildman–Crippen MR) is 103 cm³/mol. The smallest absolute Gasteiger partial charge is 0.252 e. The zero-order valence-corrected chi connectivity index (χ0v) is 16.7. The van der Waals surface area contributed by atoms with Crippen LogP contribution in [0.3, 0.4) is 0 Å². The van der Waals surface area contributed by atoms with E-state index in [1.165, 1.54) is 27.8 Å². The fraction of sp³-hybridized carbons (Fsp3) is 0.421. The summed E-state index contributed by atoms with van der Waals surface area (Å²) in [6.07, 6.45) is 1.30. The van der Waals surface area contributed by atoms with Gasteiger partial charge in [-0.25, -0.2) is 12.8 Å². The summed E-state index contributed by atoms with van der Waals surface area (Å²) in [7, 11) is -3.42. The maximum Gasteiger partial charge on any atom is 0.252 e. The van der Waals surface area contributed by atoms with Crippen LogP contribution in [0.15, 0.2) is 46.0 Å². The van der Waals surface area contributed by atoms with Crippen molar-refractivity contribution in [3.63, 3.8) is 0 Å². The summed E-state index contributed by atoms with van der Waals surface area (Å²) in [5.74, 6) is -0.495. The molecular formula is C19H23FN2O3S2. The van der Waals surface area contributed by atoms with Crippen molar-refractivity contribution in [2.24, 2.45) is 11.8 Å². The van der Waals surface area contributed by atoms with E-state index in [-0.39, 0.29) is 30.1 Å². The molecule has 1 fully saturated rings. The molecule has 1 atom stereocenters. The monoisotopic (exact) mass is 410 g/mol. The van der Waals surface area contributed by atoms with E-state index < -0.39 is 10.0 Å². The number of carbonyl (C=O) groups excluding carboxylic acids is 1. The van der Waals surface area contributed by atoms with Gasteiger partial charge in [-0.2, -0.15) is 4.31 Å². The minimum Gasteiger partial charge on any atom is -0.352 e. The van der Waals surface area contributed by atoms with Crippen LogP contribution in [0.25, 0.3) is 0 Å². The molecule has 5 nitrogen and oxygen atoms in total. The first-order valence-corrected chi connectivity index (χ1v) is 11.3. The molecular weight excluding hydrogens is 387 g/mol. The molecule has 1 aliphatic rings. The topological polar surface area (TPSA) is 66.5 Å². The molecule has 0 radical (unpaired) electrons. The van der Waals surface area contributed by atoms with E-state index in [1.807, 2.05) is 6.92 Å². The highest BCUT2D eigenvalue weighted by molar-refractivity contribution is 7.91. The van der Waals surface area contributed by atoms with Crippen molar-refractivity contribution in [2.75, 3.05) is 13.1 Å². The van der Waals surface area contributed by atoms with Crippen molar-refractivity contribution in [3.05, 3.63) is 53.2 Å². The lowest BCUT2D eigenvalue weighted by molar-refractivity contribution is -0.126. The number of carbonyl (C=O) groups is 1. The molecule has 1 N–H and O–H groups in total. The number of hydrogen-bond acceptors (Lipinski definition) is 4. The number of sulfonamides is 1. The number of halogens is 1. The Kier molecular flexibility index (Phi) is 6.29. The lowest BCUT2D eigenvalue weighted by atomic mass is 9.85. The molecule has 1 amide bonds. The molecule has 146 valence electrons. The molecule has 0 bridgehead atoms. The number of amides is 1. The summed E-state index contributed by atoms with van der Waals surface area (Å²) in [4.78, 5) is 12.4. The first-order chi connectivity index (χ1) is 12.9. The molecule has 8 heteroatoms. The van der Waals surface area contributed by atoms with Crippen LogP contribution in [-0.2, 0) is 21.4 Å². The largest absolute Gasteiger partial charge is 0.352 e. The van der Waals surface area contributed by atoms with Gasteiger partial charge in [-0.1, -0.05) is 25.1 Å². The van der Waals surface area contributed by atoms with Crippen molar-refractivity contribution in [1.82, 2.24) is 9.62 Å². The van der Waals surface area contributed by atoms with Gasteiger partial charge in [0.1, 0.15) is 10.0 Å². The van der Waals surface area contributed by atoms with E-state index >= 15 is 0 Å². The second kappa shape index (κ2) is 8.50. The second-order valence-corrected chi connectivity index (χ2v) is 9.92. The zero-order valence-electron chi connectivity index (χ0n) is 15.1. The Morgan fingerprint density at radius 1 is 1.30 bits per heavy atom. The molecule has 1 saturated heterocycles. The Balaban J connectivity index is 1.52.